The van der Waals surface area contributed by atoms with Crippen LogP contribution in [0.15, 0.2) is 67.8 Å². The summed E-state index contributed by atoms with van der Waals surface area (Å²) in [6.07, 6.45) is 12.7. The van der Waals surface area contributed by atoms with Crippen LogP contribution in [0.5, 0.6) is 0 Å². The van der Waals surface area contributed by atoms with Gasteiger partial charge in [-0.2, -0.15) is 5.10 Å². The van der Waals surface area contributed by atoms with E-state index in [4.69, 9.17) is 5.73 Å². The number of hydrogen-bond donors (Lipinski definition) is 3. The summed E-state index contributed by atoms with van der Waals surface area (Å²) in [5.41, 5.74) is 11.0. The van der Waals surface area contributed by atoms with E-state index in [9.17, 15) is 14.7 Å². The van der Waals surface area contributed by atoms with E-state index in [0.29, 0.717) is 22.1 Å². The van der Waals surface area contributed by atoms with Gasteiger partial charge < -0.3 is 16.2 Å². The Labute approximate surface area is 257 Å². The fraction of sp³-hybridized carbons (Fsp3) is 0.226. The zero-order valence-electron chi connectivity index (χ0n) is 25.3. The third-order valence-corrected chi connectivity index (χ3v) is 7.12. The number of primary amides is 1. The van der Waals surface area contributed by atoms with Crippen LogP contribution in [0.4, 0.5) is 0 Å². The van der Waals surface area contributed by atoms with Crippen molar-refractivity contribution in [3.63, 3.8) is 0 Å². The quantitative estimate of drug-likeness (QED) is 0.252. The first-order chi connectivity index (χ1) is 21.4. The molecule has 0 saturated heterocycles. The van der Waals surface area contributed by atoms with Crippen LogP contribution in [0, 0.1) is 6.92 Å². The minimum atomic E-state index is -1.04. The second kappa shape index (κ2) is 12.5. The summed E-state index contributed by atoms with van der Waals surface area (Å²) in [5.74, 6) is -0.999. The molecule has 228 valence electrons. The molecule has 6 rings (SSSR count). The molecule has 14 nitrogen and oxygen atoms in total. The number of pyridine rings is 3. The van der Waals surface area contributed by atoms with Gasteiger partial charge in [0.15, 0.2) is 0 Å². The van der Waals surface area contributed by atoms with Gasteiger partial charge in [0.2, 0.25) is 0 Å². The van der Waals surface area contributed by atoms with Crippen LogP contribution >= 0.6 is 0 Å². The van der Waals surface area contributed by atoms with E-state index in [2.05, 4.69) is 45.3 Å². The Morgan fingerprint density at radius 2 is 1.49 bits per heavy atom. The Morgan fingerprint density at radius 3 is 2.07 bits per heavy atom. The molecule has 0 saturated carbocycles. The summed E-state index contributed by atoms with van der Waals surface area (Å²) in [5, 5.41) is 16.9. The average Bonchev–Trinajstić information content (AvgIpc) is 3.45. The highest BCUT2D eigenvalue weighted by molar-refractivity contribution is 5.97. The number of fused-ring (bicyclic) bond motifs is 2. The summed E-state index contributed by atoms with van der Waals surface area (Å²) >= 11 is 0. The molecule has 0 aliphatic rings. The number of hydrogen-bond acceptors (Lipinski definition) is 11. The Hall–Kier alpha value is -5.76. The average molecular weight is 606 g/mol. The fourth-order valence-electron chi connectivity index (χ4n) is 4.21. The third kappa shape index (κ3) is 6.75. The van der Waals surface area contributed by atoms with Crippen LogP contribution in [0.3, 0.4) is 0 Å². The molecule has 0 aromatic carbocycles. The summed E-state index contributed by atoms with van der Waals surface area (Å²) < 4.78 is 1.70. The van der Waals surface area contributed by atoms with Gasteiger partial charge in [-0.05, 0) is 39.8 Å². The lowest BCUT2D eigenvalue weighted by Gasteiger charge is -2.26. The Kier molecular flexibility index (Phi) is 8.50. The number of aliphatic hydroxyl groups is 1. The lowest BCUT2D eigenvalue weighted by atomic mass is 10.0. The zero-order valence-corrected chi connectivity index (χ0v) is 25.3. The Morgan fingerprint density at radius 1 is 0.867 bits per heavy atom. The van der Waals surface area contributed by atoms with Gasteiger partial charge in [-0.15, -0.1) is 0 Å². The molecule has 0 radical (unpaired) electrons. The molecule has 4 N–H and O–H groups in total. The third-order valence-electron chi connectivity index (χ3n) is 7.12. The van der Waals surface area contributed by atoms with E-state index in [0.717, 1.165) is 28.1 Å². The maximum atomic E-state index is 12.5. The van der Waals surface area contributed by atoms with Crippen molar-refractivity contribution in [3.05, 3.63) is 84.9 Å². The van der Waals surface area contributed by atoms with Gasteiger partial charge in [0.1, 0.15) is 33.5 Å². The van der Waals surface area contributed by atoms with Crippen LogP contribution in [-0.2, 0) is 7.05 Å². The molecule has 0 fully saturated rings. The number of nitrogens with zero attached hydrogens (tertiary/aromatic N) is 9. The molecule has 0 aliphatic carbocycles. The number of carbonyl (C=O) groups excluding carboxylic acids is 2. The monoisotopic (exact) mass is 605 g/mol. The molecule has 0 bridgehead atoms. The number of aryl methyl sites for hydroxylation is 2. The molecule has 1 atom stereocenters. The van der Waals surface area contributed by atoms with Gasteiger partial charge in [0.05, 0.1) is 42.1 Å². The van der Waals surface area contributed by atoms with E-state index >= 15 is 0 Å². The van der Waals surface area contributed by atoms with Crippen molar-refractivity contribution >= 4 is 33.9 Å². The van der Waals surface area contributed by atoms with Crippen molar-refractivity contribution in [2.45, 2.75) is 39.3 Å². The van der Waals surface area contributed by atoms with E-state index < -0.39 is 17.6 Å². The maximum Gasteiger partial charge on any atom is 0.271 e. The summed E-state index contributed by atoms with van der Waals surface area (Å²) in [6, 6.07) is 5.24. The Bertz CT molecular complexity index is 2020. The minimum Gasteiger partial charge on any atom is -0.388 e. The normalized spacial score (nSPS) is 12.0. The van der Waals surface area contributed by atoms with Crippen LogP contribution in [0.25, 0.3) is 44.5 Å². The standard InChI is InChI=1S/C19H21N5O2.C12H10N6O/c1-11-5-6-13(7-21-11)14-8-20-9-15-17(14)24-16(10-22-15)18(25)23-12(2)19(3,4)26;1-18-10(2-3-16-18)7-4-14-5-8-11(7)17-9(6-15-8)12(13)19/h5-10,12,26H,1-4H3,(H,23,25);2-6H,1H3,(H2,13,19). The van der Waals surface area contributed by atoms with Crippen LogP contribution in [0.2, 0.25) is 0 Å². The van der Waals surface area contributed by atoms with Gasteiger partial charge >= 0.3 is 0 Å². The second-order valence-corrected chi connectivity index (χ2v) is 10.9. The molecule has 6 aromatic heterocycles. The van der Waals surface area contributed by atoms with Crippen molar-refractivity contribution in [3.8, 4) is 22.4 Å². The first-order valence-electron chi connectivity index (χ1n) is 13.9. The van der Waals surface area contributed by atoms with Gasteiger partial charge in [0, 0.05) is 54.2 Å². The highest BCUT2D eigenvalue weighted by Crippen LogP contribution is 2.26. The van der Waals surface area contributed by atoms with Crippen molar-refractivity contribution in [2.24, 2.45) is 12.8 Å². The summed E-state index contributed by atoms with van der Waals surface area (Å²) in [4.78, 5) is 53.5. The molecule has 0 spiro atoms. The second-order valence-electron chi connectivity index (χ2n) is 10.9. The van der Waals surface area contributed by atoms with E-state index in [-0.39, 0.29) is 17.3 Å². The number of nitrogens with two attached hydrogens (primary N) is 1. The smallest absolute Gasteiger partial charge is 0.271 e. The number of aromatic nitrogens is 9. The Balaban J connectivity index is 0.000000186. The van der Waals surface area contributed by atoms with Crippen molar-refractivity contribution in [1.82, 2.24) is 50.0 Å². The van der Waals surface area contributed by atoms with E-state index in [1.165, 1.54) is 12.4 Å². The van der Waals surface area contributed by atoms with Gasteiger partial charge in [-0.3, -0.25) is 39.2 Å². The van der Waals surface area contributed by atoms with Crippen LogP contribution < -0.4 is 11.1 Å². The lowest BCUT2D eigenvalue weighted by molar-refractivity contribution is 0.0407. The van der Waals surface area contributed by atoms with Gasteiger partial charge in [-0.25, -0.2) is 9.97 Å². The molecule has 2 amide bonds. The van der Waals surface area contributed by atoms with Crippen molar-refractivity contribution in [2.75, 3.05) is 0 Å². The number of rotatable bonds is 6. The molecular formula is C31H31N11O3. The number of carbonyl (C=O) groups is 2. The SMILES string of the molecule is Cc1ccc(-c2cncc3ncc(C(=O)NC(C)C(C)(C)O)nc23)cn1.Cn1nccc1-c1cncc2ncc(C(N)=O)nc12. The lowest BCUT2D eigenvalue weighted by Crippen LogP contribution is -2.47. The van der Waals surface area contributed by atoms with Gasteiger partial charge in [-0.1, -0.05) is 6.07 Å². The summed E-state index contributed by atoms with van der Waals surface area (Å²) in [6.45, 7) is 6.92. The van der Waals surface area contributed by atoms with E-state index in [1.54, 1.807) is 62.6 Å². The largest absolute Gasteiger partial charge is 0.388 e. The first-order valence-corrected chi connectivity index (χ1v) is 13.9. The molecule has 6 aromatic rings. The number of nitrogens with one attached hydrogen (secondary N) is 1. The predicted molar refractivity (Wildman–Crippen MR) is 167 cm³/mol. The van der Waals surface area contributed by atoms with Crippen molar-refractivity contribution in [1.29, 1.82) is 0 Å². The molecular weight excluding hydrogens is 574 g/mol. The predicted octanol–water partition coefficient (Wildman–Crippen LogP) is 2.81. The molecule has 6 heterocycles. The van der Waals surface area contributed by atoms with E-state index in [1.807, 2.05) is 32.2 Å². The van der Waals surface area contributed by atoms with Gasteiger partial charge in [0.25, 0.3) is 11.8 Å². The van der Waals surface area contributed by atoms with Crippen molar-refractivity contribution < 1.29 is 14.7 Å². The highest BCUT2D eigenvalue weighted by Gasteiger charge is 2.25. The molecule has 0 aliphatic heterocycles. The molecule has 1 unspecified atom stereocenters. The van der Waals surface area contributed by atoms with Crippen LogP contribution in [0.1, 0.15) is 47.4 Å². The fourth-order valence-corrected chi connectivity index (χ4v) is 4.21. The number of amides is 2. The maximum absolute atomic E-state index is 12.5. The highest BCUT2D eigenvalue weighted by atomic mass is 16.3. The molecule has 14 heteroatoms. The van der Waals surface area contributed by atoms with Crippen LogP contribution in [-0.4, -0.2) is 73.2 Å². The zero-order chi connectivity index (χ0) is 32.3. The minimum absolute atomic E-state index is 0.127. The molecule has 45 heavy (non-hydrogen) atoms. The topological polar surface area (TPSA) is 200 Å². The summed E-state index contributed by atoms with van der Waals surface area (Å²) in [7, 11) is 1.82. The first kappa shape index (κ1) is 30.7.